The van der Waals surface area contributed by atoms with Crippen LogP contribution in [0.25, 0.3) is 11.4 Å². The number of aromatic nitrogens is 3. The molecule has 0 unspecified atom stereocenters. The van der Waals surface area contributed by atoms with E-state index in [0.717, 1.165) is 18.6 Å². The zero-order chi connectivity index (χ0) is 22.0. The number of anilines is 1. The highest BCUT2D eigenvalue weighted by Crippen LogP contribution is 2.30. The third kappa shape index (κ3) is 4.90. The van der Waals surface area contributed by atoms with Crippen molar-refractivity contribution < 1.29 is 32.0 Å². The van der Waals surface area contributed by atoms with Crippen molar-refractivity contribution in [2.24, 2.45) is 0 Å². The highest BCUT2D eigenvalue weighted by Gasteiger charge is 2.30. The van der Waals surface area contributed by atoms with Gasteiger partial charge in [0.25, 0.3) is 5.89 Å². The van der Waals surface area contributed by atoms with E-state index < -0.39 is 17.7 Å². The number of halogens is 3. The summed E-state index contributed by atoms with van der Waals surface area (Å²) < 4.78 is 48.0. The third-order valence-corrected chi connectivity index (χ3v) is 5.38. The molecule has 2 aromatic heterocycles. The zero-order valence-electron chi connectivity index (χ0n) is 15.9. The third-order valence-electron chi connectivity index (χ3n) is 4.46. The Morgan fingerprint density at radius 3 is 2.68 bits per heavy atom. The van der Waals surface area contributed by atoms with Crippen LogP contribution in [0.3, 0.4) is 0 Å². The molecule has 3 heterocycles. The van der Waals surface area contributed by atoms with Gasteiger partial charge in [0.15, 0.2) is 11.7 Å². The highest BCUT2D eigenvalue weighted by atomic mass is 32.1. The number of hydrogen-bond acceptors (Lipinski definition) is 8. The van der Waals surface area contributed by atoms with Crippen molar-refractivity contribution in [1.29, 1.82) is 0 Å². The average molecular weight is 452 g/mol. The van der Waals surface area contributed by atoms with Crippen LogP contribution in [0.2, 0.25) is 0 Å². The van der Waals surface area contributed by atoms with E-state index in [2.05, 4.69) is 15.1 Å². The Morgan fingerprint density at radius 2 is 2.00 bits per heavy atom. The minimum absolute atomic E-state index is 0.00452. The molecule has 0 radical (unpaired) electrons. The molecule has 1 fully saturated rings. The number of thiazole rings is 1. The first-order valence-electron chi connectivity index (χ1n) is 9.20. The van der Waals surface area contributed by atoms with Gasteiger partial charge >= 0.3 is 12.1 Å². The van der Waals surface area contributed by atoms with Gasteiger partial charge in [0.1, 0.15) is 0 Å². The summed E-state index contributed by atoms with van der Waals surface area (Å²) >= 11 is 1.29. The van der Waals surface area contributed by atoms with Crippen molar-refractivity contribution in [1.82, 2.24) is 15.1 Å². The van der Waals surface area contributed by atoms with E-state index in [-0.39, 0.29) is 30.7 Å². The predicted octanol–water partition coefficient (Wildman–Crippen LogP) is 3.62. The largest absolute Gasteiger partial charge is 0.455 e. The Morgan fingerprint density at radius 1 is 1.23 bits per heavy atom. The molecule has 162 valence electrons. The number of amides is 1. The number of alkyl halides is 3. The molecule has 12 heteroatoms. The SMILES string of the molecule is O=C(Cc1csc(N2CCCC2=O)n1)OCc1nc(-c2ccc(C(F)(F)F)cc2)no1. The number of carbonyl (C=O) groups excluding carboxylic acids is 2. The first-order chi connectivity index (χ1) is 14.8. The molecule has 0 spiro atoms. The van der Waals surface area contributed by atoms with Gasteiger partial charge in [-0.05, 0) is 18.6 Å². The van der Waals surface area contributed by atoms with Crippen molar-refractivity contribution in [3.8, 4) is 11.4 Å². The summed E-state index contributed by atoms with van der Waals surface area (Å²) in [6.45, 7) is 0.336. The highest BCUT2D eigenvalue weighted by molar-refractivity contribution is 7.14. The monoisotopic (exact) mass is 452 g/mol. The smallest absolute Gasteiger partial charge is 0.416 e. The average Bonchev–Trinajstić information content (AvgIpc) is 3.47. The van der Waals surface area contributed by atoms with E-state index in [1.54, 1.807) is 10.3 Å². The minimum atomic E-state index is -4.43. The standard InChI is InChI=1S/C19H15F3N4O4S/c20-19(21,22)12-5-3-11(4-6-12)17-24-14(30-25-17)9-29-16(28)8-13-10-31-18(23-13)26-7-1-2-15(26)27/h3-6,10H,1-2,7-9H2. The summed E-state index contributed by atoms with van der Waals surface area (Å²) in [4.78, 5) is 33.7. The number of rotatable bonds is 6. The van der Waals surface area contributed by atoms with Crippen LogP contribution in [0.1, 0.15) is 30.0 Å². The van der Waals surface area contributed by atoms with Crippen molar-refractivity contribution in [3.05, 3.63) is 46.8 Å². The van der Waals surface area contributed by atoms with Crippen LogP contribution in [0.4, 0.5) is 18.3 Å². The van der Waals surface area contributed by atoms with E-state index >= 15 is 0 Å². The summed E-state index contributed by atoms with van der Waals surface area (Å²) in [5.41, 5.74) is 0.0367. The molecule has 0 bridgehead atoms. The van der Waals surface area contributed by atoms with Crippen molar-refractivity contribution in [2.75, 3.05) is 11.4 Å². The fraction of sp³-hybridized carbons (Fsp3) is 0.316. The van der Waals surface area contributed by atoms with Crippen LogP contribution in [-0.4, -0.2) is 33.5 Å². The lowest BCUT2D eigenvalue weighted by atomic mass is 10.1. The summed E-state index contributed by atoms with van der Waals surface area (Å²) in [6, 6.07) is 4.30. The van der Waals surface area contributed by atoms with E-state index in [4.69, 9.17) is 9.26 Å². The number of nitrogens with zero attached hydrogens (tertiary/aromatic N) is 4. The number of carbonyl (C=O) groups is 2. The maximum Gasteiger partial charge on any atom is 0.416 e. The van der Waals surface area contributed by atoms with Crippen LogP contribution in [0, 0.1) is 0 Å². The topological polar surface area (TPSA) is 98.4 Å². The molecular weight excluding hydrogens is 437 g/mol. The first kappa shape index (κ1) is 21.0. The molecule has 0 atom stereocenters. The fourth-order valence-corrected chi connectivity index (χ4v) is 3.80. The maximum absolute atomic E-state index is 12.6. The summed E-state index contributed by atoms with van der Waals surface area (Å²) in [5, 5.41) is 5.94. The van der Waals surface area contributed by atoms with Gasteiger partial charge in [0.2, 0.25) is 11.7 Å². The van der Waals surface area contributed by atoms with Gasteiger partial charge in [-0.1, -0.05) is 17.3 Å². The number of hydrogen-bond donors (Lipinski definition) is 0. The Labute approximate surface area is 177 Å². The van der Waals surface area contributed by atoms with Gasteiger partial charge in [-0.15, -0.1) is 11.3 Å². The second-order valence-corrected chi connectivity index (χ2v) is 7.53. The maximum atomic E-state index is 12.6. The number of benzene rings is 1. The van der Waals surface area contributed by atoms with Crippen LogP contribution in [0.15, 0.2) is 34.2 Å². The van der Waals surface area contributed by atoms with Crippen molar-refractivity contribution in [3.63, 3.8) is 0 Å². The molecule has 1 amide bonds. The van der Waals surface area contributed by atoms with E-state index in [1.807, 2.05) is 0 Å². The lowest BCUT2D eigenvalue weighted by Crippen LogP contribution is -2.23. The first-order valence-corrected chi connectivity index (χ1v) is 10.1. The Balaban J connectivity index is 1.31. The molecule has 0 N–H and O–H groups in total. The molecule has 1 saturated heterocycles. The lowest BCUT2D eigenvalue weighted by molar-refractivity contribution is -0.145. The minimum Gasteiger partial charge on any atom is -0.455 e. The number of esters is 1. The predicted molar refractivity (Wildman–Crippen MR) is 102 cm³/mol. The molecule has 1 aliphatic rings. The van der Waals surface area contributed by atoms with Crippen molar-refractivity contribution in [2.45, 2.75) is 32.0 Å². The second kappa shape index (κ2) is 8.46. The fourth-order valence-electron chi connectivity index (χ4n) is 2.93. The molecule has 4 rings (SSSR count). The van der Waals surface area contributed by atoms with Crippen LogP contribution in [-0.2, 0) is 33.5 Å². The van der Waals surface area contributed by atoms with Crippen LogP contribution < -0.4 is 4.90 Å². The van der Waals surface area contributed by atoms with Gasteiger partial charge in [0.05, 0.1) is 17.7 Å². The van der Waals surface area contributed by atoms with Gasteiger partial charge in [0, 0.05) is 23.9 Å². The Kier molecular flexibility index (Phi) is 5.72. The van der Waals surface area contributed by atoms with Crippen LogP contribution >= 0.6 is 11.3 Å². The summed E-state index contributed by atoms with van der Waals surface area (Å²) in [5.74, 6) is -0.466. The molecule has 3 aromatic rings. The van der Waals surface area contributed by atoms with E-state index in [1.165, 1.54) is 23.5 Å². The van der Waals surface area contributed by atoms with E-state index in [0.29, 0.717) is 29.4 Å². The normalized spacial score (nSPS) is 14.3. The molecule has 0 aliphatic carbocycles. The van der Waals surface area contributed by atoms with E-state index in [9.17, 15) is 22.8 Å². The second-order valence-electron chi connectivity index (χ2n) is 6.69. The Hall–Kier alpha value is -3.28. The molecular formula is C19H15F3N4O4S. The molecule has 1 aliphatic heterocycles. The molecule has 31 heavy (non-hydrogen) atoms. The van der Waals surface area contributed by atoms with Gasteiger partial charge in [-0.2, -0.15) is 18.2 Å². The summed E-state index contributed by atoms with van der Waals surface area (Å²) in [6.07, 6.45) is -3.24. The molecule has 1 aromatic carbocycles. The zero-order valence-corrected chi connectivity index (χ0v) is 16.7. The van der Waals surface area contributed by atoms with Crippen LogP contribution in [0.5, 0.6) is 0 Å². The number of ether oxygens (including phenoxy) is 1. The van der Waals surface area contributed by atoms with Gasteiger partial charge in [-0.25, -0.2) is 4.98 Å². The lowest BCUT2D eigenvalue weighted by Gasteiger charge is -2.10. The summed E-state index contributed by atoms with van der Waals surface area (Å²) in [7, 11) is 0. The van der Waals surface area contributed by atoms with Gasteiger partial charge < -0.3 is 9.26 Å². The quantitative estimate of drug-likeness (QED) is 0.527. The van der Waals surface area contributed by atoms with Crippen molar-refractivity contribution >= 4 is 28.3 Å². The molecule has 8 nitrogen and oxygen atoms in total. The molecule has 0 saturated carbocycles. The van der Waals surface area contributed by atoms with Gasteiger partial charge in [-0.3, -0.25) is 14.5 Å². The Bertz CT molecular complexity index is 1090.